The molecule has 0 atom stereocenters. The Morgan fingerprint density at radius 1 is 0.867 bits per heavy atom. The number of imidazole rings is 1. The van der Waals surface area contributed by atoms with Crippen LogP contribution in [0.2, 0.25) is 10.0 Å². The maximum absolute atomic E-state index is 6.18. The molecule has 0 radical (unpaired) electrons. The van der Waals surface area contributed by atoms with E-state index in [0.29, 0.717) is 39.5 Å². The molecular weight excluding hydrogens is 423 g/mol. The zero-order valence-electron chi connectivity index (χ0n) is 16.8. The van der Waals surface area contributed by atoms with Crippen LogP contribution in [0.25, 0.3) is 22.4 Å². The summed E-state index contributed by atoms with van der Waals surface area (Å²) >= 11 is 12.2. The van der Waals surface area contributed by atoms with Crippen molar-refractivity contribution >= 4 is 34.2 Å². The van der Waals surface area contributed by atoms with Crippen molar-refractivity contribution in [1.82, 2.24) is 9.97 Å². The second kappa shape index (κ2) is 8.46. The van der Waals surface area contributed by atoms with Gasteiger partial charge in [0.25, 0.3) is 0 Å². The molecule has 0 aliphatic heterocycles. The van der Waals surface area contributed by atoms with Gasteiger partial charge in [-0.3, -0.25) is 0 Å². The molecule has 30 heavy (non-hydrogen) atoms. The number of hydrogen-bond acceptors (Lipinski definition) is 4. The van der Waals surface area contributed by atoms with Crippen molar-refractivity contribution in [2.45, 2.75) is 6.42 Å². The smallest absolute Gasteiger partial charge is 0.203 e. The van der Waals surface area contributed by atoms with Gasteiger partial charge in [0.15, 0.2) is 11.5 Å². The molecule has 3 aromatic carbocycles. The van der Waals surface area contributed by atoms with E-state index in [1.807, 2.05) is 42.5 Å². The third-order valence-corrected chi connectivity index (χ3v) is 5.65. The fourth-order valence-electron chi connectivity index (χ4n) is 3.46. The van der Waals surface area contributed by atoms with Crippen LogP contribution in [0.5, 0.6) is 17.2 Å². The Kier molecular flexibility index (Phi) is 5.75. The summed E-state index contributed by atoms with van der Waals surface area (Å²) < 4.78 is 16.3. The molecule has 0 saturated carbocycles. The first-order chi connectivity index (χ1) is 14.5. The Balaban J connectivity index is 1.77. The third kappa shape index (κ3) is 3.78. The SMILES string of the molecule is COc1cc(-c2nc3c(Cc4ccc(Cl)c(Cl)c4)cccc3[nH]2)cc(OC)c1OC. The zero-order chi connectivity index (χ0) is 21.3. The lowest BCUT2D eigenvalue weighted by molar-refractivity contribution is 0.324. The third-order valence-electron chi connectivity index (χ3n) is 4.91. The maximum atomic E-state index is 6.18. The molecule has 0 spiro atoms. The van der Waals surface area contributed by atoms with Crippen molar-refractivity contribution in [3.8, 4) is 28.6 Å². The number of rotatable bonds is 6. The van der Waals surface area contributed by atoms with Crippen LogP contribution in [0.1, 0.15) is 11.1 Å². The standard InChI is InChI=1S/C23H20Cl2N2O3/c1-28-19-11-15(12-20(29-2)22(19)30-3)23-26-18-6-4-5-14(21(18)27-23)9-13-7-8-16(24)17(25)10-13/h4-8,10-12H,9H2,1-3H3,(H,26,27). The van der Waals surface area contributed by atoms with Crippen LogP contribution in [-0.4, -0.2) is 31.3 Å². The largest absolute Gasteiger partial charge is 0.493 e. The molecule has 7 heteroatoms. The van der Waals surface area contributed by atoms with E-state index < -0.39 is 0 Å². The molecule has 0 aliphatic carbocycles. The van der Waals surface area contributed by atoms with Crippen LogP contribution in [0.3, 0.4) is 0 Å². The summed E-state index contributed by atoms with van der Waals surface area (Å²) in [5.74, 6) is 2.40. The van der Waals surface area contributed by atoms with Crippen molar-refractivity contribution < 1.29 is 14.2 Å². The number of para-hydroxylation sites is 1. The van der Waals surface area contributed by atoms with E-state index in [-0.39, 0.29) is 0 Å². The Labute approximate surface area is 184 Å². The lowest BCUT2D eigenvalue weighted by Crippen LogP contribution is -1.96. The van der Waals surface area contributed by atoms with Crippen LogP contribution < -0.4 is 14.2 Å². The number of benzene rings is 3. The summed E-state index contributed by atoms with van der Waals surface area (Å²) in [7, 11) is 4.76. The van der Waals surface area contributed by atoms with Gasteiger partial charge in [-0.1, -0.05) is 41.4 Å². The molecule has 0 aliphatic rings. The number of fused-ring (bicyclic) bond motifs is 1. The number of H-pyrrole nitrogens is 1. The predicted octanol–water partition coefficient (Wildman–Crippen LogP) is 6.15. The van der Waals surface area contributed by atoms with E-state index in [9.17, 15) is 0 Å². The van der Waals surface area contributed by atoms with E-state index in [1.54, 1.807) is 21.3 Å². The van der Waals surface area contributed by atoms with Gasteiger partial charge in [0.2, 0.25) is 5.75 Å². The fourth-order valence-corrected chi connectivity index (χ4v) is 3.78. The van der Waals surface area contributed by atoms with Crippen molar-refractivity contribution in [2.24, 2.45) is 0 Å². The number of nitrogens with zero attached hydrogens (tertiary/aromatic N) is 1. The van der Waals surface area contributed by atoms with Crippen LogP contribution in [-0.2, 0) is 6.42 Å². The van der Waals surface area contributed by atoms with Crippen molar-refractivity contribution in [2.75, 3.05) is 21.3 Å². The molecule has 4 aromatic rings. The van der Waals surface area contributed by atoms with Gasteiger partial charge >= 0.3 is 0 Å². The highest BCUT2D eigenvalue weighted by atomic mass is 35.5. The van der Waals surface area contributed by atoms with Gasteiger partial charge in [-0.25, -0.2) is 4.98 Å². The lowest BCUT2D eigenvalue weighted by atomic mass is 10.0. The van der Waals surface area contributed by atoms with Crippen molar-refractivity contribution in [1.29, 1.82) is 0 Å². The van der Waals surface area contributed by atoms with Crippen LogP contribution in [0.4, 0.5) is 0 Å². The number of aromatic amines is 1. The molecule has 1 heterocycles. The monoisotopic (exact) mass is 442 g/mol. The Morgan fingerprint density at radius 3 is 2.23 bits per heavy atom. The van der Waals surface area contributed by atoms with E-state index in [4.69, 9.17) is 42.4 Å². The summed E-state index contributed by atoms with van der Waals surface area (Å²) in [6, 6.07) is 15.5. The highest BCUT2D eigenvalue weighted by molar-refractivity contribution is 6.42. The molecule has 154 valence electrons. The second-order valence-corrected chi connectivity index (χ2v) is 7.55. The van der Waals surface area contributed by atoms with Crippen molar-refractivity contribution in [3.05, 3.63) is 69.7 Å². The molecule has 0 fully saturated rings. The molecule has 1 N–H and O–H groups in total. The van der Waals surface area contributed by atoms with Crippen LogP contribution >= 0.6 is 23.2 Å². The summed E-state index contributed by atoms with van der Waals surface area (Å²) in [6.07, 6.45) is 0.688. The molecule has 5 nitrogen and oxygen atoms in total. The van der Waals surface area contributed by atoms with Gasteiger partial charge in [-0.15, -0.1) is 0 Å². The number of aromatic nitrogens is 2. The summed E-state index contributed by atoms with van der Waals surface area (Å²) in [6.45, 7) is 0. The normalized spacial score (nSPS) is 11.0. The number of halogens is 2. The minimum atomic E-state index is 0.542. The molecule has 0 bridgehead atoms. The molecule has 0 unspecified atom stereocenters. The number of hydrogen-bond donors (Lipinski definition) is 1. The van der Waals surface area contributed by atoms with Gasteiger partial charge in [-0.05, 0) is 47.9 Å². The number of methoxy groups -OCH3 is 3. The highest BCUT2D eigenvalue weighted by Crippen LogP contribution is 2.41. The molecular formula is C23H20Cl2N2O3. The highest BCUT2D eigenvalue weighted by Gasteiger charge is 2.17. The average Bonchev–Trinajstić information content (AvgIpc) is 3.20. The quantitative estimate of drug-likeness (QED) is 0.388. The summed E-state index contributed by atoms with van der Waals surface area (Å²) in [4.78, 5) is 8.25. The molecule has 0 saturated heterocycles. The zero-order valence-corrected chi connectivity index (χ0v) is 18.3. The topological polar surface area (TPSA) is 56.4 Å². The minimum Gasteiger partial charge on any atom is -0.493 e. The van der Waals surface area contributed by atoms with Crippen LogP contribution in [0, 0.1) is 0 Å². The van der Waals surface area contributed by atoms with E-state index in [2.05, 4.69) is 11.1 Å². The lowest BCUT2D eigenvalue weighted by Gasteiger charge is -2.13. The second-order valence-electron chi connectivity index (χ2n) is 6.74. The molecule has 4 rings (SSSR count). The Hall–Kier alpha value is -2.89. The van der Waals surface area contributed by atoms with E-state index in [1.165, 1.54) is 0 Å². The van der Waals surface area contributed by atoms with Gasteiger partial charge < -0.3 is 19.2 Å². The molecule has 1 aromatic heterocycles. The van der Waals surface area contributed by atoms with Crippen molar-refractivity contribution in [3.63, 3.8) is 0 Å². The van der Waals surface area contributed by atoms with E-state index >= 15 is 0 Å². The van der Waals surface area contributed by atoms with E-state index in [0.717, 1.165) is 27.7 Å². The average molecular weight is 443 g/mol. The minimum absolute atomic E-state index is 0.542. The predicted molar refractivity (Wildman–Crippen MR) is 120 cm³/mol. The Morgan fingerprint density at radius 2 is 1.60 bits per heavy atom. The van der Waals surface area contributed by atoms with Gasteiger partial charge in [0, 0.05) is 5.56 Å². The van der Waals surface area contributed by atoms with Gasteiger partial charge in [0.1, 0.15) is 5.82 Å². The van der Waals surface area contributed by atoms with Crippen LogP contribution in [0.15, 0.2) is 48.5 Å². The first-order valence-corrected chi connectivity index (χ1v) is 10.0. The first kappa shape index (κ1) is 20.4. The Bertz CT molecular complexity index is 1200. The first-order valence-electron chi connectivity index (χ1n) is 9.26. The molecule has 0 amide bonds. The number of nitrogens with one attached hydrogen (secondary N) is 1. The maximum Gasteiger partial charge on any atom is 0.203 e. The number of ether oxygens (including phenoxy) is 3. The summed E-state index contributed by atoms with van der Waals surface area (Å²) in [5.41, 5.74) is 4.82. The summed E-state index contributed by atoms with van der Waals surface area (Å²) in [5, 5.41) is 1.09. The van der Waals surface area contributed by atoms with Gasteiger partial charge in [0.05, 0.1) is 42.4 Å². The fraction of sp³-hybridized carbons (Fsp3) is 0.174. The van der Waals surface area contributed by atoms with Gasteiger partial charge in [-0.2, -0.15) is 0 Å².